The number of rotatable bonds is 3. The summed E-state index contributed by atoms with van der Waals surface area (Å²) in [7, 11) is -2.62. The van der Waals surface area contributed by atoms with Gasteiger partial charge in [-0.25, -0.2) is 22.2 Å². The molecular formula is C10H8FN5O2S. The number of anilines is 1. The monoisotopic (exact) mass is 281 g/mol. The van der Waals surface area contributed by atoms with E-state index in [9.17, 15) is 12.8 Å². The van der Waals surface area contributed by atoms with Gasteiger partial charge in [0.15, 0.2) is 0 Å². The predicted molar refractivity (Wildman–Crippen MR) is 62.9 cm³/mol. The fourth-order valence-electron chi connectivity index (χ4n) is 1.40. The van der Waals surface area contributed by atoms with Crippen molar-refractivity contribution in [2.24, 2.45) is 7.05 Å². The van der Waals surface area contributed by atoms with E-state index in [1.54, 1.807) is 0 Å². The molecule has 0 radical (unpaired) electrons. The maximum atomic E-state index is 13.4. The van der Waals surface area contributed by atoms with Gasteiger partial charge in [-0.3, -0.25) is 0 Å². The molecule has 9 heteroatoms. The highest BCUT2D eigenvalue weighted by atomic mass is 32.2. The second kappa shape index (κ2) is 4.66. The zero-order valence-corrected chi connectivity index (χ0v) is 10.5. The molecule has 0 aliphatic rings. The van der Waals surface area contributed by atoms with E-state index in [1.807, 2.05) is 0 Å². The highest BCUT2D eigenvalue weighted by Crippen LogP contribution is 2.20. The Hall–Kier alpha value is -2.47. The Morgan fingerprint density at radius 3 is 2.79 bits per heavy atom. The van der Waals surface area contributed by atoms with Crippen molar-refractivity contribution in [1.29, 1.82) is 5.26 Å². The SMILES string of the molecule is Cn1ncnc1NS(=O)(=O)c1cccc(F)c1C#N. The van der Waals surface area contributed by atoms with E-state index in [0.29, 0.717) is 0 Å². The lowest BCUT2D eigenvalue weighted by Crippen LogP contribution is -2.17. The highest BCUT2D eigenvalue weighted by Gasteiger charge is 2.22. The maximum Gasteiger partial charge on any atom is 0.265 e. The van der Waals surface area contributed by atoms with Crippen LogP contribution in [0.1, 0.15) is 5.56 Å². The Morgan fingerprint density at radius 2 is 2.21 bits per heavy atom. The Labute approximate surface area is 108 Å². The minimum Gasteiger partial charge on any atom is -0.247 e. The molecule has 0 fully saturated rings. The smallest absolute Gasteiger partial charge is 0.247 e. The first-order valence-corrected chi connectivity index (χ1v) is 6.49. The van der Waals surface area contributed by atoms with Crippen LogP contribution in [-0.2, 0) is 17.1 Å². The van der Waals surface area contributed by atoms with Crippen molar-refractivity contribution in [3.8, 4) is 6.07 Å². The third-order valence-electron chi connectivity index (χ3n) is 2.31. The first kappa shape index (κ1) is 13.0. The molecule has 0 bridgehead atoms. The molecule has 2 rings (SSSR count). The van der Waals surface area contributed by atoms with Crippen LogP contribution in [0.5, 0.6) is 0 Å². The number of aryl methyl sites for hydroxylation is 1. The summed E-state index contributed by atoms with van der Waals surface area (Å²) < 4.78 is 40.9. The number of benzene rings is 1. The second-order valence-corrected chi connectivity index (χ2v) is 5.19. The molecule has 1 heterocycles. The minimum atomic E-state index is -4.11. The van der Waals surface area contributed by atoms with Crippen molar-refractivity contribution < 1.29 is 12.8 Å². The number of halogens is 1. The lowest BCUT2D eigenvalue weighted by atomic mass is 10.2. The van der Waals surface area contributed by atoms with Crippen LogP contribution < -0.4 is 4.72 Å². The summed E-state index contributed by atoms with van der Waals surface area (Å²) in [5, 5.41) is 12.5. The van der Waals surface area contributed by atoms with Crippen molar-refractivity contribution in [2.75, 3.05) is 4.72 Å². The molecular weight excluding hydrogens is 273 g/mol. The zero-order chi connectivity index (χ0) is 14.0. The predicted octanol–water partition coefficient (Wildman–Crippen LogP) is 0.627. The number of sulfonamides is 1. The quantitative estimate of drug-likeness (QED) is 0.889. The van der Waals surface area contributed by atoms with Gasteiger partial charge in [-0.05, 0) is 12.1 Å². The van der Waals surface area contributed by atoms with E-state index < -0.39 is 26.3 Å². The van der Waals surface area contributed by atoms with Gasteiger partial charge in [-0.1, -0.05) is 6.07 Å². The average molecular weight is 281 g/mol. The third-order valence-corrected chi connectivity index (χ3v) is 3.68. The van der Waals surface area contributed by atoms with Crippen LogP contribution in [0.15, 0.2) is 29.4 Å². The summed E-state index contributed by atoms with van der Waals surface area (Å²) in [6, 6.07) is 4.89. The van der Waals surface area contributed by atoms with Crippen molar-refractivity contribution in [1.82, 2.24) is 14.8 Å². The van der Waals surface area contributed by atoms with E-state index in [1.165, 1.54) is 23.9 Å². The van der Waals surface area contributed by atoms with E-state index >= 15 is 0 Å². The molecule has 0 amide bonds. The summed E-state index contributed by atoms with van der Waals surface area (Å²) in [4.78, 5) is 3.24. The van der Waals surface area contributed by atoms with Crippen LogP contribution in [0, 0.1) is 17.1 Å². The van der Waals surface area contributed by atoms with E-state index in [4.69, 9.17) is 5.26 Å². The fourth-order valence-corrected chi connectivity index (χ4v) is 2.61. The Bertz CT molecular complexity index is 762. The van der Waals surface area contributed by atoms with Gasteiger partial charge in [-0.2, -0.15) is 15.3 Å². The van der Waals surface area contributed by atoms with Gasteiger partial charge >= 0.3 is 0 Å². The average Bonchev–Trinajstić information content (AvgIpc) is 2.74. The van der Waals surface area contributed by atoms with E-state index in [2.05, 4.69) is 14.8 Å². The zero-order valence-electron chi connectivity index (χ0n) is 9.70. The Balaban J connectivity index is 2.50. The summed E-state index contributed by atoms with van der Waals surface area (Å²) >= 11 is 0. The molecule has 98 valence electrons. The molecule has 0 saturated carbocycles. The Morgan fingerprint density at radius 1 is 1.47 bits per heavy atom. The minimum absolute atomic E-state index is 0.0341. The molecule has 0 aliphatic heterocycles. The lowest BCUT2D eigenvalue weighted by molar-refractivity contribution is 0.592. The lowest BCUT2D eigenvalue weighted by Gasteiger charge is -2.08. The largest absolute Gasteiger partial charge is 0.265 e. The van der Waals surface area contributed by atoms with Crippen molar-refractivity contribution >= 4 is 16.0 Å². The van der Waals surface area contributed by atoms with Crippen molar-refractivity contribution in [3.05, 3.63) is 35.9 Å². The molecule has 0 aliphatic carbocycles. The van der Waals surface area contributed by atoms with Gasteiger partial charge in [0, 0.05) is 7.05 Å². The number of aromatic nitrogens is 3. The third kappa shape index (κ3) is 2.38. The standard InChI is InChI=1S/C10H8FN5O2S/c1-16-10(13-6-14-16)15-19(17,18)9-4-2-3-8(11)7(9)5-12/h2-4,6H,1H3,(H,13,14,15). The van der Waals surface area contributed by atoms with Crippen molar-refractivity contribution in [3.63, 3.8) is 0 Å². The topological polar surface area (TPSA) is 101 Å². The number of nitriles is 1. The molecule has 0 atom stereocenters. The van der Waals surface area contributed by atoms with Gasteiger partial charge in [-0.15, -0.1) is 0 Å². The molecule has 2 aromatic rings. The molecule has 1 aromatic heterocycles. The van der Waals surface area contributed by atoms with Crippen molar-refractivity contribution in [2.45, 2.75) is 4.90 Å². The summed E-state index contributed by atoms with van der Waals surface area (Å²) in [6.07, 6.45) is 1.16. The second-order valence-electron chi connectivity index (χ2n) is 3.54. The molecule has 0 unspecified atom stereocenters. The number of nitrogens with one attached hydrogen (secondary N) is 1. The van der Waals surface area contributed by atoms with Crippen LogP contribution in [0.4, 0.5) is 10.3 Å². The van der Waals surface area contributed by atoms with Gasteiger partial charge in [0.2, 0.25) is 5.95 Å². The molecule has 1 N–H and O–H groups in total. The van der Waals surface area contributed by atoms with Gasteiger partial charge < -0.3 is 0 Å². The molecule has 7 nitrogen and oxygen atoms in total. The normalized spacial score (nSPS) is 11.0. The maximum absolute atomic E-state index is 13.4. The van der Waals surface area contributed by atoms with Crippen LogP contribution in [0.3, 0.4) is 0 Å². The van der Waals surface area contributed by atoms with Gasteiger partial charge in [0.25, 0.3) is 10.0 Å². The highest BCUT2D eigenvalue weighted by molar-refractivity contribution is 7.92. The number of hydrogen-bond donors (Lipinski definition) is 1. The van der Waals surface area contributed by atoms with Crippen LogP contribution >= 0.6 is 0 Å². The van der Waals surface area contributed by atoms with Gasteiger partial charge in [0.05, 0.1) is 0 Å². The summed E-state index contributed by atoms with van der Waals surface area (Å²) in [6.45, 7) is 0. The fraction of sp³-hybridized carbons (Fsp3) is 0.100. The van der Waals surface area contributed by atoms with Gasteiger partial charge in [0.1, 0.15) is 28.7 Å². The van der Waals surface area contributed by atoms with E-state index in [-0.39, 0.29) is 5.95 Å². The van der Waals surface area contributed by atoms with E-state index in [0.717, 1.165) is 18.5 Å². The number of hydrogen-bond acceptors (Lipinski definition) is 5. The summed E-state index contributed by atoms with van der Waals surface area (Å²) in [5.41, 5.74) is -0.544. The Kier molecular flexibility index (Phi) is 3.18. The first-order valence-electron chi connectivity index (χ1n) is 5.01. The molecule has 0 spiro atoms. The summed E-state index contributed by atoms with van der Waals surface area (Å²) in [5.74, 6) is -0.934. The van der Waals surface area contributed by atoms with Crippen LogP contribution in [0.25, 0.3) is 0 Å². The molecule has 0 saturated heterocycles. The van der Waals surface area contributed by atoms with Crippen LogP contribution in [-0.4, -0.2) is 23.2 Å². The molecule has 19 heavy (non-hydrogen) atoms. The number of nitrogens with zero attached hydrogens (tertiary/aromatic N) is 4. The van der Waals surface area contributed by atoms with Crippen LogP contribution in [0.2, 0.25) is 0 Å². The first-order chi connectivity index (χ1) is 8.95. The molecule has 1 aromatic carbocycles.